The molecule has 3 rings (SSSR count). The maximum absolute atomic E-state index is 13.7. The van der Waals surface area contributed by atoms with E-state index in [9.17, 15) is 4.39 Å². The number of nitrogens with zero attached hydrogens (tertiary/aromatic N) is 2. The first-order valence-electron chi connectivity index (χ1n) is 6.16. The maximum atomic E-state index is 13.7. The van der Waals surface area contributed by atoms with Crippen molar-refractivity contribution < 1.29 is 4.39 Å². The quantitative estimate of drug-likeness (QED) is 0.777. The van der Waals surface area contributed by atoms with Crippen LogP contribution in [0.4, 0.5) is 10.1 Å². The molecule has 0 unspecified atom stereocenters. The van der Waals surface area contributed by atoms with E-state index < -0.39 is 0 Å². The molecule has 0 aliphatic heterocycles. The van der Waals surface area contributed by atoms with Crippen LogP contribution in [0.2, 0.25) is 0 Å². The summed E-state index contributed by atoms with van der Waals surface area (Å²) in [4.78, 5) is 0. The maximum Gasteiger partial charge on any atom is 0.146 e. The number of aryl methyl sites for hydroxylation is 1. The summed E-state index contributed by atoms with van der Waals surface area (Å²) in [6, 6.07) is 11.0. The molecule has 0 radical (unpaired) electrons. The van der Waals surface area contributed by atoms with Crippen molar-refractivity contribution in [3.63, 3.8) is 0 Å². The summed E-state index contributed by atoms with van der Waals surface area (Å²) in [5, 5.41) is 7.41. The topological polar surface area (TPSA) is 29.3 Å². The van der Waals surface area contributed by atoms with Crippen molar-refractivity contribution >= 4 is 11.2 Å². The van der Waals surface area contributed by atoms with Gasteiger partial charge in [0, 0.05) is 18.3 Å². The van der Waals surface area contributed by atoms with Gasteiger partial charge in [-0.1, -0.05) is 18.2 Å². The van der Waals surface area contributed by atoms with Gasteiger partial charge in [-0.25, -0.2) is 8.91 Å². The highest BCUT2D eigenvalue weighted by Crippen LogP contribution is 2.20. The lowest BCUT2D eigenvalue weighted by atomic mass is 10.2. The van der Waals surface area contributed by atoms with Gasteiger partial charge in [-0.3, -0.25) is 0 Å². The Labute approximate surface area is 110 Å². The predicted octanol–water partition coefficient (Wildman–Crippen LogP) is 3.39. The van der Waals surface area contributed by atoms with Gasteiger partial charge in [-0.2, -0.15) is 5.10 Å². The van der Waals surface area contributed by atoms with Crippen LogP contribution in [0, 0.1) is 12.7 Å². The Kier molecular flexibility index (Phi) is 2.91. The molecule has 0 saturated heterocycles. The van der Waals surface area contributed by atoms with Crippen LogP contribution in [0.15, 0.2) is 48.8 Å². The van der Waals surface area contributed by atoms with Crippen LogP contribution in [-0.4, -0.2) is 9.61 Å². The van der Waals surface area contributed by atoms with Gasteiger partial charge in [0.1, 0.15) is 5.82 Å². The fourth-order valence-electron chi connectivity index (χ4n) is 2.16. The molecule has 0 amide bonds. The molecule has 4 heteroatoms. The number of anilines is 1. The largest absolute Gasteiger partial charge is 0.378 e. The van der Waals surface area contributed by atoms with Crippen molar-refractivity contribution in [2.24, 2.45) is 0 Å². The number of fused-ring (bicyclic) bond motifs is 1. The molecular formula is C15H14FN3. The lowest BCUT2D eigenvalue weighted by Crippen LogP contribution is -2.03. The zero-order valence-electron chi connectivity index (χ0n) is 10.6. The third kappa shape index (κ3) is 2.17. The zero-order valence-corrected chi connectivity index (χ0v) is 10.6. The van der Waals surface area contributed by atoms with Crippen LogP contribution in [0.25, 0.3) is 5.52 Å². The van der Waals surface area contributed by atoms with Crippen LogP contribution < -0.4 is 5.32 Å². The van der Waals surface area contributed by atoms with Crippen LogP contribution in [-0.2, 0) is 6.54 Å². The Balaban J connectivity index is 1.87. The SMILES string of the molecule is Cc1cccc(F)c1NCc1cnn2ccccc12. The number of hydrogen-bond donors (Lipinski definition) is 1. The highest BCUT2D eigenvalue weighted by Gasteiger charge is 2.07. The van der Waals surface area contributed by atoms with Gasteiger partial charge >= 0.3 is 0 Å². The first kappa shape index (κ1) is 11.7. The minimum Gasteiger partial charge on any atom is -0.378 e. The van der Waals surface area contributed by atoms with Crippen molar-refractivity contribution in [1.82, 2.24) is 9.61 Å². The van der Waals surface area contributed by atoms with Crippen molar-refractivity contribution in [2.45, 2.75) is 13.5 Å². The molecule has 1 N–H and O–H groups in total. The lowest BCUT2D eigenvalue weighted by Gasteiger charge is -2.09. The van der Waals surface area contributed by atoms with Gasteiger partial charge in [0.15, 0.2) is 0 Å². The van der Waals surface area contributed by atoms with Crippen LogP contribution >= 0.6 is 0 Å². The Morgan fingerprint density at radius 2 is 2.11 bits per heavy atom. The minimum absolute atomic E-state index is 0.225. The smallest absolute Gasteiger partial charge is 0.146 e. The predicted molar refractivity (Wildman–Crippen MR) is 73.7 cm³/mol. The van der Waals surface area contributed by atoms with E-state index in [1.807, 2.05) is 41.9 Å². The molecule has 1 aromatic carbocycles. The number of rotatable bonds is 3. The standard InChI is InChI=1S/C15H14FN3/c1-11-5-4-6-13(16)15(11)17-9-12-10-18-19-8-3-2-7-14(12)19/h2-8,10,17H,9H2,1H3. The second kappa shape index (κ2) is 4.72. The molecule has 19 heavy (non-hydrogen) atoms. The van der Waals surface area contributed by atoms with Gasteiger partial charge in [-0.15, -0.1) is 0 Å². The normalized spacial score (nSPS) is 10.8. The minimum atomic E-state index is -0.225. The van der Waals surface area contributed by atoms with Crippen molar-refractivity contribution in [1.29, 1.82) is 0 Å². The average Bonchev–Trinajstić information content (AvgIpc) is 2.82. The number of aromatic nitrogens is 2. The van der Waals surface area contributed by atoms with Crippen LogP contribution in [0.5, 0.6) is 0 Å². The van der Waals surface area contributed by atoms with E-state index in [1.165, 1.54) is 6.07 Å². The molecular weight excluding hydrogens is 241 g/mol. The molecule has 0 bridgehead atoms. The Morgan fingerprint density at radius 1 is 1.21 bits per heavy atom. The van der Waals surface area contributed by atoms with Gasteiger partial charge in [0.05, 0.1) is 17.4 Å². The summed E-state index contributed by atoms with van der Waals surface area (Å²) in [7, 11) is 0. The second-order valence-electron chi connectivity index (χ2n) is 4.49. The number of nitrogens with one attached hydrogen (secondary N) is 1. The first-order chi connectivity index (χ1) is 9.25. The third-order valence-electron chi connectivity index (χ3n) is 3.18. The molecule has 3 nitrogen and oxygen atoms in total. The van der Waals surface area contributed by atoms with E-state index >= 15 is 0 Å². The van der Waals surface area contributed by atoms with Gasteiger partial charge in [0.25, 0.3) is 0 Å². The summed E-state index contributed by atoms with van der Waals surface area (Å²) in [5.41, 5.74) is 3.53. The fourth-order valence-corrected chi connectivity index (χ4v) is 2.16. The zero-order chi connectivity index (χ0) is 13.2. The van der Waals surface area contributed by atoms with E-state index in [-0.39, 0.29) is 5.82 Å². The number of hydrogen-bond acceptors (Lipinski definition) is 2. The van der Waals surface area contributed by atoms with E-state index in [0.717, 1.165) is 16.6 Å². The average molecular weight is 255 g/mol. The third-order valence-corrected chi connectivity index (χ3v) is 3.18. The molecule has 0 saturated carbocycles. The molecule has 3 aromatic rings. The van der Waals surface area contributed by atoms with Gasteiger partial charge in [0.2, 0.25) is 0 Å². The Morgan fingerprint density at radius 3 is 2.95 bits per heavy atom. The van der Waals surface area contributed by atoms with Gasteiger partial charge < -0.3 is 5.32 Å². The lowest BCUT2D eigenvalue weighted by molar-refractivity contribution is 0.629. The van der Waals surface area contributed by atoms with Crippen molar-refractivity contribution in [3.05, 3.63) is 65.7 Å². The van der Waals surface area contributed by atoms with E-state index in [2.05, 4.69) is 10.4 Å². The molecule has 2 aromatic heterocycles. The molecule has 96 valence electrons. The summed E-state index contributed by atoms with van der Waals surface area (Å²) in [6.07, 6.45) is 3.70. The van der Waals surface area contributed by atoms with Crippen molar-refractivity contribution in [3.8, 4) is 0 Å². The number of halogens is 1. The summed E-state index contributed by atoms with van der Waals surface area (Å²) in [6.45, 7) is 2.44. The molecule has 2 heterocycles. The first-order valence-corrected chi connectivity index (χ1v) is 6.16. The Bertz CT molecular complexity index is 698. The van der Waals surface area contributed by atoms with Crippen LogP contribution in [0.1, 0.15) is 11.1 Å². The van der Waals surface area contributed by atoms with Gasteiger partial charge in [-0.05, 0) is 30.7 Å². The number of para-hydroxylation sites is 1. The highest BCUT2D eigenvalue weighted by molar-refractivity contribution is 5.57. The van der Waals surface area contributed by atoms with Crippen molar-refractivity contribution in [2.75, 3.05) is 5.32 Å². The summed E-state index contributed by atoms with van der Waals surface area (Å²) < 4.78 is 15.5. The fraction of sp³-hybridized carbons (Fsp3) is 0.133. The molecule has 0 atom stereocenters. The highest BCUT2D eigenvalue weighted by atomic mass is 19.1. The van der Waals surface area contributed by atoms with E-state index in [0.29, 0.717) is 12.2 Å². The second-order valence-corrected chi connectivity index (χ2v) is 4.49. The van der Waals surface area contributed by atoms with E-state index in [1.54, 1.807) is 12.3 Å². The van der Waals surface area contributed by atoms with E-state index in [4.69, 9.17) is 0 Å². The molecule has 0 aliphatic carbocycles. The molecule has 0 spiro atoms. The Hall–Kier alpha value is -2.36. The molecule has 0 fully saturated rings. The number of benzene rings is 1. The summed E-state index contributed by atoms with van der Waals surface area (Å²) in [5.74, 6) is -0.225. The summed E-state index contributed by atoms with van der Waals surface area (Å²) >= 11 is 0. The van der Waals surface area contributed by atoms with Crippen LogP contribution in [0.3, 0.4) is 0 Å². The monoisotopic (exact) mass is 255 g/mol. The number of pyridine rings is 1. The molecule has 0 aliphatic rings.